The lowest BCUT2D eigenvalue weighted by atomic mass is 10.2. The number of hydrogen-bond acceptors (Lipinski definition) is 4. The fraction of sp³-hybridized carbons (Fsp3) is 0.400. The zero-order chi connectivity index (χ0) is 15.1. The van der Waals surface area contributed by atoms with E-state index in [1.54, 1.807) is 18.2 Å². The number of nitrogens with one attached hydrogen (secondary N) is 1. The Morgan fingerprint density at radius 2 is 2.19 bits per heavy atom. The van der Waals surface area contributed by atoms with E-state index in [0.717, 1.165) is 38.4 Å². The van der Waals surface area contributed by atoms with Crippen molar-refractivity contribution < 1.29 is 9.53 Å². The van der Waals surface area contributed by atoms with Gasteiger partial charge in [-0.05, 0) is 23.8 Å². The van der Waals surface area contributed by atoms with Gasteiger partial charge in [0.2, 0.25) is 5.91 Å². The third-order valence-electron chi connectivity index (χ3n) is 3.28. The zero-order valence-electron chi connectivity index (χ0n) is 11.8. The maximum atomic E-state index is 11.7. The Bertz CT molecular complexity index is 514. The van der Waals surface area contributed by atoms with Crippen LogP contribution in [0.2, 0.25) is 5.02 Å². The molecule has 1 aliphatic rings. The predicted molar refractivity (Wildman–Crippen MR) is 85.2 cm³/mol. The Morgan fingerprint density at radius 3 is 2.90 bits per heavy atom. The lowest BCUT2D eigenvalue weighted by Crippen LogP contribution is -2.41. The molecule has 1 amide bonds. The third kappa shape index (κ3) is 5.38. The van der Waals surface area contributed by atoms with Crippen LogP contribution in [0.25, 0.3) is 6.08 Å². The van der Waals surface area contributed by atoms with Gasteiger partial charge in [0.15, 0.2) is 0 Å². The van der Waals surface area contributed by atoms with E-state index >= 15 is 0 Å². The van der Waals surface area contributed by atoms with E-state index < -0.39 is 0 Å². The molecular formula is C15H20ClN3O2. The molecule has 0 aliphatic carbocycles. The van der Waals surface area contributed by atoms with Gasteiger partial charge >= 0.3 is 0 Å². The van der Waals surface area contributed by atoms with Gasteiger partial charge in [0.05, 0.1) is 23.9 Å². The van der Waals surface area contributed by atoms with Gasteiger partial charge in [0.25, 0.3) is 0 Å². The molecule has 0 radical (unpaired) electrons. The number of halogens is 1. The SMILES string of the molecule is Nc1cc(/C=C/C(=O)NCCN2CCOCC2)ccc1Cl. The summed E-state index contributed by atoms with van der Waals surface area (Å²) in [5.74, 6) is -0.114. The van der Waals surface area contributed by atoms with Crippen LogP contribution in [-0.2, 0) is 9.53 Å². The molecule has 0 bridgehead atoms. The average molecular weight is 310 g/mol. The molecule has 1 fully saturated rings. The second kappa shape index (κ2) is 8.02. The number of ether oxygens (including phenoxy) is 1. The largest absolute Gasteiger partial charge is 0.398 e. The van der Waals surface area contributed by atoms with Gasteiger partial charge < -0.3 is 15.8 Å². The first-order valence-electron chi connectivity index (χ1n) is 6.96. The number of morpholine rings is 1. The molecular weight excluding hydrogens is 290 g/mol. The van der Waals surface area contributed by atoms with Crippen molar-refractivity contribution in [3.63, 3.8) is 0 Å². The van der Waals surface area contributed by atoms with Crippen LogP contribution < -0.4 is 11.1 Å². The van der Waals surface area contributed by atoms with E-state index in [0.29, 0.717) is 17.3 Å². The van der Waals surface area contributed by atoms with Crippen LogP contribution in [0.15, 0.2) is 24.3 Å². The van der Waals surface area contributed by atoms with Crippen LogP contribution in [0.4, 0.5) is 5.69 Å². The van der Waals surface area contributed by atoms with Crippen LogP contribution in [0.3, 0.4) is 0 Å². The minimum atomic E-state index is -0.114. The molecule has 21 heavy (non-hydrogen) atoms. The Balaban J connectivity index is 1.73. The van der Waals surface area contributed by atoms with Crippen molar-refractivity contribution in [1.82, 2.24) is 10.2 Å². The highest BCUT2D eigenvalue weighted by Gasteiger charge is 2.09. The Hall–Kier alpha value is -1.56. The maximum absolute atomic E-state index is 11.7. The van der Waals surface area contributed by atoms with E-state index in [4.69, 9.17) is 22.1 Å². The van der Waals surface area contributed by atoms with Gasteiger partial charge in [0.1, 0.15) is 0 Å². The molecule has 0 aromatic heterocycles. The smallest absolute Gasteiger partial charge is 0.244 e. The topological polar surface area (TPSA) is 67.6 Å². The second-order valence-corrected chi connectivity index (χ2v) is 5.27. The Labute approximate surface area is 129 Å². The summed E-state index contributed by atoms with van der Waals surface area (Å²) in [6, 6.07) is 5.27. The highest BCUT2D eigenvalue weighted by Crippen LogP contribution is 2.19. The summed E-state index contributed by atoms with van der Waals surface area (Å²) in [5, 5.41) is 3.38. The van der Waals surface area contributed by atoms with Crippen LogP contribution >= 0.6 is 11.6 Å². The Kier molecular flexibility index (Phi) is 6.04. The zero-order valence-corrected chi connectivity index (χ0v) is 12.6. The van der Waals surface area contributed by atoms with Gasteiger partial charge in [-0.3, -0.25) is 9.69 Å². The summed E-state index contributed by atoms with van der Waals surface area (Å²) in [5.41, 5.74) is 7.06. The van der Waals surface area contributed by atoms with Gasteiger partial charge in [-0.15, -0.1) is 0 Å². The summed E-state index contributed by atoms with van der Waals surface area (Å²) >= 11 is 5.84. The number of anilines is 1. The number of amides is 1. The van der Waals surface area contributed by atoms with Gasteiger partial charge in [-0.25, -0.2) is 0 Å². The summed E-state index contributed by atoms with van der Waals surface area (Å²) < 4.78 is 5.27. The molecule has 0 unspecified atom stereocenters. The number of nitrogens with zero attached hydrogens (tertiary/aromatic N) is 1. The number of rotatable bonds is 5. The maximum Gasteiger partial charge on any atom is 0.244 e. The molecule has 5 nitrogen and oxygen atoms in total. The number of carbonyl (C=O) groups excluding carboxylic acids is 1. The number of benzene rings is 1. The lowest BCUT2D eigenvalue weighted by Gasteiger charge is -2.26. The van der Waals surface area contributed by atoms with E-state index in [2.05, 4.69) is 10.2 Å². The molecule has 114 valence electrons. The van der Waals surface area contributed by atoms with Crippen molar-refractivity contribution in [3.8, 4) is 0 Å². The molecule has 1 aromatic carbocycles. The number of carbonyl (C=O) groups is 1. The fourth-order valence-electron chi connectivity index (χ4n) is 2.06. The number of hydrogen-bond donors (Lipinski definition) is 2. The van der Waals surface area contributed by atoms with Crippen LogP contribution in [-0.4, -0.2) is 50.2 Å². The summed E-state index contributed by atoms with van der Waals surface area (Å²) in [4.78, 5) is 14.0. The first kappa shape index (κ1) is 15.8. The minimum absolute atomic E-state index is 0.114. The molecule has 6 heteroatoms. The van der Waals surface area contributed by atoms with Gasteiger partial charge in [-0.1, -0.05) is 17.7 Å². The van der Waals surface area contributed by atoms with E-state index in [9.17, 15) is 4.79 Å². The first-order valence-corrected chi connectivity index (χ1v) is 7.34. The summed E-state index contributed by atoms with van der Waals surface area (Å²) in [7, 11) is 0. The molecule has 1 saturated heterocycles. The summed E-state index contributed by atoms with van der Waals surface area (Å²) in [6.45, 7) is 4.87. The molecule has 1 aliphatic heterocycles. The summed E-state index contributed by atoms with van der Waals surface area (Å²) in [6.07, 6.45) is 3.22. The average Bonchev–Trinajstić information content (AvgIpc) is 2.49. The van der Waals surface area contributed by atoms with Crippen molar-refractivity contribution >= 4 is 29.3 Å². The van der Waals surface area contributed by atoms with Crippen molar-refractivity contribution in [2.24, 2.45) is 0 Å². The van der Waals surface area contributed by atoms with Crippen LogP contribution in [0.5, 0.6) is 0 Å². The highest BCUT2D eigenvalue weighted by molar-refractivity contribution is 6.33. The Morgan fingerprint density at radius 1 is 1.43 bits per heavy atom. The lowest BCUT2D eigenvalue weighted by molar-refractivity contribution is -0.116. The predicted octanol–water partition coefficient (Wildman–Crippen LogP) is 1.38. The standard InChI is InChI=1S/C15H20ClN3O2/c16-13-3-1-12(11-14(13)17)2-4-15(20)18-5-6-19-7-9-21-10-8-19/h1-4,11H,5-10,17H2,(H,18,20)/b4-2+. The van der Waals surface area contributed by atoms with Gasteiger partial charge in [-0.2, -0.15) is 0 Å². The quantitative estimate of drug-likeness (QED) is 0.637. The van der Waals surface area contributed by atoms with Crippen molar-refractivity contribution in [2.75, 3.05) is 45.1 Å². The van der Waals surface area contributed by atoms with Crippen molar-refractivity contribution in [2.45, 2.75) is 0 Å². The number of nitrogens with two attached hydrogens (primary N) is 1. The van der Waals surface area contributed by atoms with Gasteiger partial charge in [0, 0.05) is 32.3 Å². The van der Waals surface area contributed by atoms with Crippen molar-refractivity contribution in [3.05, 3.63) is 34.9 Å². The van der Waals surface area contributed by atoms with Crippen LogP contribution in [0.1, 0.15) is 5.56 Å². The molecule has 2 rings (SSSR count). The highest BCUT2D eigenvalue weighted by atomic mass is 35.5. The van der Waals surface area contributed by atoms with E-state index in [1.807, 2.05) is 6.07 Å². The molecule has 1 heterocycles. The van der Waals surface area contributed by atoms with E-state index in [-0.39, 0.29) is 5.91 Å². The molecule has 0 saturated carbocycles. The molecule has 3 N–H and O–H groups in total. The monoisotopic (exact) mass is 309 g/mol. The number of nitrogen functional groups attached to an aromatic ring is 1. The first-order chi connectivity index (χ1) is 10.1. The van der Waals surface area contributed by atoms with Crippen LogP contribution in [0, 0.1) is 0 Å². The normalized spacial score (nSPS) is 16.2. The molecule has 1 aromatic rings. The molecule has 0 atom stereocenters. The minimum Gasteiger partial charge on any atom is -0.398 e. The fourth-order valence-corrected chi connectivity index (χ4v) is 2.18. The van der Waals surface area contributed by atoms with Crippen molar-refractivity contribution in [1.29, 1.82) is 0 Å². The molecule has 0 spiro atoms. The second-order valence-electron chi connectivity index (χ2n) is 4.86. The van der Waals surface area contributed by atoms with E-state index in [1.165, 1.54) is 6.08 Å². The third-order valence-corrected chi connectivity index (χ3v) is 3.62.